The first kappa shape index (κ1) is 43.0. The van der Waals surface area contributed by atoms with Crippen molar-refractivity contribution in [1.29, 1.82) is 0 Å². The Hall–Kier alpha value is -0.990. The summed E-state index contributed by atoms with van der Waals surface area (Å²) >= 11 is 0. The Labute approximate surface area is 270 Å². The Kier molecular flexibility index (Phi) is 27.6. The molecule has 0 heterocycles. The maximum Gasteiger partial charge on any atom is 0.472 e. The number of phosphoric ester groups is 1. The number of carbonyl (C=O) groups is 2. The molecule has 0 fully saturated rings. The maximum absolute atomic E-state index is 12.5. The second-order valence-corrected chi connectivity index (χ2v) is 14.7. The molecule has 0 radical (unpaired) electrons. The minimum Gasteiger partial charge on any atom is -0.462 e. The number of quaternary nitrogens is 1. The zero-order chi connectivity index (χ0) is 32.9. The molecule has 9 nitrogen and oxygen atoms in total. The normalized spacial score (nSPS) is 13.9. The lowest BCUT2D eigenvalue weighted by molar-refractivity contribution is -0.870. The van der Waals surface area contributed by atoms with Crippen LogP contribution in [0.5, 0.6) is 0 Å². The third-order valence-electron chi connectivity index (χ3n) is 7.64. The van der Waals surface area contributed by atoms with Gasteiger partial charge in [-0.05, 0) is 12.8 Å². The van der Waals surface area contributed by atoms with E-state index in [4.69, 9.17) is 18.5 Å². The number of ether oxygens (including phenoxy) is 2. The van der Waals surface area contributed by atoms with E-state index in [1.807, 2.05) is 28.1 Å². The van der Waals surface area contributed by atoms with Gasteiger partial charge in [-0.15, -0.1) is 0 Å². The summed E-state index contributed by atoms with van der Waals surface area (Å²) in [5.74, 6) is -0.820. The number of esters is 2. The molecule has 0 aliphatic heterocycles. The fraction of sp³-hybridized carbons (Fsp3) is 0.941. The van der Waals surface area contributed by atoms with Gasteiger partial charge in [-0.3, -0.25) is 18.6 Å². The van der Waals surface area contributed by atoms with Crippen molar-refractivity contribution in [2.24, 2.45) is 0 Å². The van der Waals surface area contributed by atoms with Crippen molar-refractivity contribution in [3.63, 3.8) is 0 Å². The van der Waals surface area contributed by atoms with Gasteiger partial charge in [-0.2, -0.15) is 0 Å². The molecule has 0 aromatic carbocycles. The van der Waals surface area contributed by atoms with Crippen LogP contribution in [0.15, 0.2) is 0 Å². The summed E-state index contributed by atoms with van der Waals surface area (Å²) in [6.07, 6.45) is 23.7. The lowest BCUT2D eigenvalue weighted by Crippen LogP contribution is -2.37. The maximum atomic E-state index is 12.5. The van der Waals surface area contributed by atoms with Crippen molar-refractivity contribution >= 4 is 19.8 Å². The fourth-order valence-corrected chi connectivity index (χ4v) is 5.52. The summed E-state index contributed by atoms with van der Waals surface area (Å²) < 4.78 is 33.7. The summed E-state index contributed by atoms with van der Waals surface area (Å²) in [7, 11) is 1.48. The van der Waals surface area contributed by atoms with Crippen molar-refractivity contribution in [2.45, 2.75) is 161 Å². The van der Waals surface area contributed by atoms with Gasteiger partial charge in [-0.1, -0.05) is 129 Å². The Bertz CT molecular complexity index is 743. The second-order valence-electron chi connectivity index (χ2n) is 13.3. The first-order valence-electron chi connectivity index (χ1n) is 17.8. The third kappa shape index (κ3) is 31.0. The molecule has 0 aromatic rings. The van der Waals surface area contributed by atoms with E-state index in [0.29, 0.717) is 17.4 Å². The summed E-state index contributed by atoms with van der Waals surface area (Å²) in [6.45, 7) is 4.24. The monoisotopic (exact) mass is 650 g/mol. The van der Waals surface area contributed by atoms with Crippen LogP contribution in [0.1, 0.15) is 155 Å². The molecule has 0 spiro atoms. The number of likely N-dealkylation sites (N-methyl/N-ethyl adjacent to an activating group) is 1. The number of carbonyl (C=O) groups excluding carboxylic acids is 2. The molecule has 2 unspecified atom stereocenters. The highest BCUT2D eigenvalue weighted by molar-refractivity contribution is 7.47. The zero-order valence-electron chi connectivity index (χ0n) is 29.2. The number of nitrogens with zero attached hydrogens (tertiary/aromatic N) is 1. The van der Waals surface area contributed by atoms with Gasteiger partial charge in [0, 0.05) is 12.8 Å². The Morgan fingerprint density at radius 3 is 1.50 bits per heavy atom. The quantitative estimate of drug-likeness (QED) is 0.0333. The highest BCUT2D eigenvalue weighted by Crippen LogP contribution is 2.43. The van der Waals surface area contributed by atoms with Crippen molar-refractivity contribution in [3.8, 4) is 0 Å². The van der Waals surface area contributed by atoms with Crippen LogP contribution >= 0.6 is 7.82 Å². The summed E-state index contributed by atoms with van der Waals surface area (Å²) in [6, 6.07) is 0. The van der Waals surface area contributed by atoms with E-state index in [1.165, 1.54) is 89.9 Å². The van der Waals surface area contributed by atoms with Gasteiger partial charge in [0.1, 0.15) is 19.8 Å². The van der Waals surface area contributed by atoms with Gasteiger partial charge in [0.05, 0.1) is 27.7 Å². The molecule has 44 heavy (non-hydrogen) atoms. The van der Waals surface area contributed by atoms with Crippen molar-refractivity contribution in [3.05, 3.63) is 0 Å². The van der Waals surface area contributed by atoms with Gasteiger partial charge in [0.2, 0.25) is 0 Å². The molecular formula is C34H69NO8P+. The molecule has 0 aliphatic carbocycles. The standard InChI is InChI=1S/C34H68NO8P/c1-6-8-10-11-12-13-14-15-16-17-18-19-20-21-22-23-25-27-34(37)43-32(30-40-33(36)26-24-9-7-2)31-42-44(38,39)41-29-28-35(3,4)5/h32H,6-31H2,1-5H3/p+1. The summed E-state index contributed by atoms with van der Waals surface area (Å²) in [4.78, 5) is 34.6. The van der Waals surface area contributed by atoms with E-state index in [2.05, 4.69) is 6.92 Å². The van der Waals surface area contributed by atoms with Gasteiger partial charge in [0.15, 0.2) is 6.10 Å². The number of hydrogen-bond acceptors (Lipinski definition) is 7. The van der Waals surface area contributed by atoms with E-state index < -0.39 is 26.5 Å². The van der Waals surface area contributed by atoms with Crippen molar-refractivity contribution in [1.82, 2.24) is 0 Å². The molecular weight excluding hydrogens is 581 g/mol. The summed E-state index contributed by atoms with van der Waals surface area (Å²) in [5.41, 5.74) is 0. The molecule has 0 saturated carbocycles. The van der Waals surface area contributed by atoms with E-state index in [-0.39, 0.29) is 32.0 Å². The molecule has 0 rings (SSSR count). The molecule has 262 valence electrons. The van der Waals surface area contributed by atoms with E-state index >= 15 is 0 Å². The Balaban J connectivity index is 4.17. The molecule has 0 aromatic heterocycles. The first-order chi connectivity index (χ1) is 21.0. The van der Waals surface area contributed by atoms with Crippen LogP contribution in [0, 0.1) is 0 Å². The molecule has 0 saturated heterocycles. The smallest absolute Gasteiger partial charge is 0.462 e. The number of phosphoric acid groups is 1. The molecule has 1 N–H and O–H groups in total. The molecule has 0 amide bonds. The molecule has 2 atom stereocenters. The summed E-state index contributed by atoms with van der Waals surface area (Å²) in [5, 5.41) is 0. The van der Waals surface area contributed by atoms with Crippen LogP contribution < -0.4 is 0 Å². The fourth-order valence-electron chi connectivity index (χ4n) is 4.78. The van der Waals surface area contributed by atoms with Crippen LogP contribution in [0.3, 0.4) is 0 Å². The Morgan fingerprint density at radius 2 is 1.02 bits per heavy atom. The van der Waals surface area contributed by atoms with Crippen LogP contribution in [0.4, 0.5) is 0 Å². The number of rotatable bonds is 32. The van der Waals surface area contributed by atoms with Crippen LogP contribution in [-0.4, -0.2) is 74.9 Å². The average Bonchev–Trinajstić information content (AvgIpc) is 2.95. The van der Waals surface area contributed by atoms with Crippen molar-refractivity contribution < 1.29 is 42.1 Å². The van der Waals surface area contributed by atoms with Crippen molar-refractivity contribution in [2.75, 3.05) is 47.5 Å². The van der Waals surface area contributed by atoms with E-state index in [9.17, 15) is 19.0 Å². The highest BCUT2D eigenvalue weighted by atomic mass is 31.2. The van der Waals surface area contributed by atoms with Crippen LogP contribution in [0.25, 0.3) is 0 Å². The second kappa shape index (κ2) is 28.3. The molecule has 0 aliphatic rings. The van der Waals surface area contributed by atoms with Gasteiger partial charge in [0.25, 0.3) is 0 Å². The molecule has 10 heteroatoms. The van der Waals surface area contributed by atoms with Crippen LogP contribution in [-0.2, 0) is 32.7 Å². The predicted octanol–water partition coefficient (Wildman–Crippen LogP) is 8.90. The van der Waals surface area contributed by atoms with E-state index in [0.717, 1.165) is 32.1 Å². The highest BCUT2D eigenvalue weighted by Gasteiger charge is 2.27. The Morgan fingerprint density at radius 1 is 0.614 bits per heavy atom. The lowest BCUT2D eigenvalue weighted by Gasteiger charge is -2.24. The third-order valence-corrected chi connectivity index (χ3v) is 8.62. The largest absolute Gasteiger partial charge is 0.472 e. The van der Waals surface area contributed by atoms with E-state index in [1.54, 1.807) is 0 Å². The number of unbranched alkanes of at least 4 members (excludes halogenated alkanes) is 18. The topological polar surface area (TPSA) is 108 Å². The van der Waals surface area contributed by atoms with Gasteiger partial charge in [-0.25, -0.2) is 4.57 Å². The van der Waals surface area contributed by atoms with Gasteiger partial charge < -0.3 is 18.9 Å². The predicted molar refractivity (Wildman–Crippen MR) is 178 cm³/mol. The SMILES string of the molecule is CCCCCCCCCCCCCCCCCCCC(=O)OC(COC(=O)CCCCC)COP(=O)(O)OCC[N+](C)(C)C. The lowest BCUT2D eigenvalue weighted by atomic mass is 10.0. The first-order valence-corrected chi connectivity index (χ1v) is 19.3. The van der Waals surface area contributed by atoms with Gasteiger partial charge >= 0.3 is 19.8 Å². The minimum atomic E-state index is -4.34. The minimum absolute atomic E-state index is 0.0352. The zero-order valence-corrected chi connectivity index (χ0v) is 30.1. The van der Waals surface area contributed by atoms with Crippen LogP contribution in [0.2, 0.25) is 0 Å². The molecule has 0 bridgehead atoms. The average molecular weight is 651 g/mol. The number of hydrogen-bond donors (Lipinski definition) is 1.